The summed E-state index contributed by atoms with van der Waals surface area (Å²) in [4.78, 5) is 24.4. The lowest BCUT2D eigenvalue weighted by atomic mass is 10.3. The molecule has 2 heterocycles. The van der Waals surface area contributed by atoms with Crippen LogP contribution in [0.15, 0.2) is 39.6 Å². The maximum Gasteiger partial charge on any atom is 0.303 e. The fourth-order valence-electron chi connectivity index (χ4n) is 3.42. The largest absolute Gasteiger partial charge is 0.461 e. The van der Waals surface area contributed by atoms with Gasteiger partial charge in [-0.05, 0) is 43.3 Å². The third kappa shape index (κ3) is 6.32. The molecule has 174 valence electrons. The van der Waals surface area contributed by atoms with Crippen LogP contribution in [0, 0.1) is 0 Å². The molecule has 1 aliphatic rings. The molecule has 0 aliphatic carbocycles. The highest BCUT2D eigenvalue weighted by molar-refractivity contribution is 7.89. The molecule has 32 heavy (non-hydrogen) atoms. The number of hydrogen-bond donors (Lipinski definition) is 1. The van der Waals surface area contributed by atoms with Gasteiger partial charge in [0, 0.05) is 33.5 Å². The fraction of sp³-hybridized carbons (Fsp3) is 0.429. The first kappa shape index (κ1) is 24.2. The van der Waals surface area contributed by atoms with Gasteiger partial charge in [-0.15, -0.1) is 0 Å². The Bertz CT molecular complexity index is 1080. The first-order valence-corrected chi connectivity index (χ1v) is 12.0. The highest BCUT2D eigenvalue weighted by atomic mass is 35.5. The van der Waals surface area contributed by atoms with E-state index in [4.69, 9.17) is 20.8 Å². The van der Waals surface area contributed by atoms with Crippen molar-refractivity contribution in [3.05, 3.63) is 46.9 Å². The molecule has 2 aromatic rings. The van der Waals surface area contributed by atoms with E-state index in [1.807, 2.05) is 6.07 Å². The molecule has 9 nitrogen and oxygen atoms in total. The molecular formula is C21H26ClN3O6S. The number of hydrogen-bond acceptors (Lipinski definition) is 7. The zero-order valence-corrected chi connectivity index (χ0v) is 19.5. The molecule has 11 heteroatoms. The summed E-state index contributed by atoms with van der Waals surface area (Å²) in [6.07, 6.45) is 0.665. The van der Waals surface area contributed by atoms with E-state index in [1.165, 1.54) is 36.4 Å². The van der Waals surface area contributed by atoms with Gasteiger partial charge in [0.15, 0.2) is 0 Å². The quantitative estimate of drug-likeness (QED) is 0.603. The lowest BCUT2D eigenvalue weighted by Gasteiger charge is -2.21. The SMILES string of the molecule is CC(=O)Nc1ccc(S(=O)(=O)N2CCCN(Cc3ccc(COC(C)=O)o3)CC2)cc1Cl. The minimum absolute atomic E-state index is 0.0879. The number of sulfonamides is 1. The topological polar surface area (TPSA) is 109 Å². The van der Waals surface area contributed by atoms with Gasteiger partial charge in [-0.25, -0.2) is 8.42 Å². The van der Waals surface area contributed by atoms with Crippen LogP contribution in [0.25, 0.3) is 0 Å². The highest BCUT2D eigenvalue weighted by Crippen LogP contribution is 2.27. The number of carbonyl (C=O) groups excluding carboxylic acids is 2. The van der Waals surface area contributed by atoms with Gasteiger partial charge in [0.1, 0.15) is 18.1 Å². The van der Waals surface area contributed by atoms with E-state index in [-0.39, 0.29) is 28.4 Å². The molecule has 3 rings (SSSR count). The number of nitrogens with one attached hydrogen (secondary N) is 1. The summed E-state index contributed by atoms with van der Waals surface area (Å²) in [7, 11) is -3.72. The first-order chi connectivity index (χ1) is 15.1. The van der Waals surface area contributed by atoms with Crippen molar-refractivity contribution >= 4 is 39.2 Å². The van der Waals surface area contributed by atoms with Crippen LogP contribution in [0.5, 0.6) is 0 Å². The van der Waals surface area contributed by atoms with E-state index in [0.29, 0.717) is 50.6 Å². The van der Waals surface area contributed by atoms with E-state index in [9.17, 15) is 18.0 Å². The Morgan fingerprint density at radius 2 is 1.84 bits per heavy atom. The summed E-state index contributed by atoms with van der Waals surface area (Å²) < 4.78 is 38.3. The fourth-order valence-corrected chi connectivity index (χ4v) is 5.21. The lowest BCUT2D eigenvalue weighted by Crippen LogP contribution is -2.35. The third-order valence-electron chi connectivity index (χ3n) is 4.95. The van der Waals surface area contributed by atoms with Gasteiger partial charge in [0.2, 0.25) is 15.9 Å². The summed E-state index contributed by atoms with van der Waals surface area (Å²) in [6.45, 7) is 5.29. The van der Waals surface area contributed by atoms with Crippen molar-refractivity contribution in [1.29, 1.82) is 0 Å². The number of carbonyl (C=O) groups is 2. The van der Waals surface area contributed by atoms with Gasteiger partial charge >= 0.3 is 5.97 Å². The molecular weight excluding hydrogens is 458 g/mol. The Morgan fingerprint density at radius 1 is 1.09 bits per heavy atom. The van der Waals surface area contributed by atoms with Crippen LogP contribution in [0.1, 0.15) is 31.8 Å². The summed E-state index contributed by atoms with van der Waals surface area (Å²) in [5, 5.41) is 2.73. The standard InChI is InChI=1S/C21H26ClN3O6S/c1-15(26)23-21-7-6-19(12-20(21)22)32(28,29)25-9-3-8-24(10-11-25)13-17-4-5-18(31-17)14-30-16(2)27/h4-7,12H,3,8-11,13-14H2,1-2H3,(H,23,26). The number of furan rings is 1. The highest BCUT2D eigenvalue weighted by Gasteiger charge is 2.28. The van der Waals surface area contributed by atoms with Crippen LogP contribution in [0.4, 0.5) is 5.69 Å². The van der Waals surface area contributed by atoms with Gasteiger partial charge in [-0.1, -0.05) is 11.6 Å². The molecule has 1 fully saturated rings. The molecule has 0 spiro atoms. The smallest absolute Gasteiger partial charge is 0.303 e. The maximum atomic E-state index is 13.1. The van der Waals surface area contributed by atoms with Crippen LogP contribution in [0.2, 0.25) is 5.02 Å². The van der Waals surface area contributed by atoms with Crippen molar-refractivity contribution in [2.24, 2.45) is 0 Å². The van der Waals surface area contributed by atoms with Gasteiger partial charge < -0.3 is 14.5 Å². The lowest BCUT2D eigenvalue weighted by molar-refractivity contribution is -0.142. The van der Waals surface area contributed by atoms with Crippen LogP contribution in [-0.2, 0) is 37.5 Å². The third-order valence-corrected chi connectivity index (χ3v) is 7.16. The summed E-state index contributed by atoms with van der Waals surface area (Å²) in [5.74, 6) is 0.630. The van der Waals surface area contributed by atoms with Gasteiger partial charge in [0.05, 0.1) is 22.2 Å². The van der Waals surface area contributed by atoms with Gasteiger partial charge in [-0.2, -0.15) is 4.31 Å². The van der Waals surface area contributed by atoms with Crippen LogP contribution >= 0.6 is 11.6 Å². The molecule has 0 atom stereocenters. The predicted molar refractivity (Wildman–Crippen MR) is 119 cm³/mol. The molecule has 0 radical (unpaired) electrons. The Kier molecular flexibility index (Phi) is 7.94. The summed E-state index contributed by atoms with van der Waals surface area (Å²) in [5.41, 5.74) is 0.367. The zero-order chi connectivity index (χ0) is 23.3. The van der Waals surface area contributed by atoms with E-state index >= 15 is 0 Å². The van der Waals surface area contributed by atoms with Crippen LogP contribution in [0.3, 0.4) is 0 Å². The minimum Gasteiger partial charge on any atom is -0.461 e. The van der Waals surface area contributed by atoms with E-state index < -0.39 is 10.0 Å². The number of halogens is 1. The number of anilines is 1. The number of ether oxygens (including phenoxy) is 1. The number of benzene rings is 1. The van der Waals surface area contributed by atoms with E-state index in [2.05, 4.69) is 10.2 Å². The Labute approximate surface area is 192 Å². The Morgan fingerprint density at radius 3 is 2.53 bits per heavy atom. The zero-order valence-electron chi connectivity index (χ0n) is 18.0. The van der Waals surface area contributed by atoms with Crippen molar-refractivity contribution in [3.63, 3.8) is 0 Å². The molecule has 1 saturated heterocycles. The minimum atomic E-state index is -3.72. The van der Waals surface area contributed by atoms with Gasteiger partial charge in [0.25, 0.3) is 0 Å². The maximum absolute atomic E-state index is 13.1. The second-order valence-corrected chi connectivity index (χ2v) is 9.85. The van der Waals surface area contributed by atoms with E-state index in [0.717, 1.165) is 5.76 Å². The number of nitrogens with zero attached hydrogens (tertiary/aromatic N) is 2. The number of esters is 1. The molecule has 1 aromatic carbocycles. The van der Waals surface area contributed by atoms with Crippen molar-refractivity contribution < 1.29 is 27.2 Å². The van der Waals surface area contributed by atoms with Crippen LogP contribution < -0.4 is 5.32 Å². The van der Waals surface area contributed by atoms with E-state index in [1.54, 1.807) is 6.07 Å². The molecule has 1 N–H and O–H groups in total. The van der Waals surface area contributed by atoms with Crippen molar-refractivity contribution in [2.45, 2.75) is 38.3 Å². The summed E-state index contributed by atoms with van der Waals surface area (Å²) in [6, 6.07) is 7.89. The Balaban J connectivity index is 1.62. The Hall–Kier alpha value is -2.40. The van der Waals surface area contributed by atoms with Crippen molar-refractivity contribution in [2.75, 3.05) is 31.5 Å². The van der Waals surface area contributed by atoms with Crippen molar-refractivity contribution in [3.8, 4) is 0 Å². The normalized spacial score (nSPS) is 15.8. The molecule has 0 saturated carbocycles. The predicted octanol–water partition coefficient (Wildman–Crippen LogP) is 2.85. The average Bonchev–Trinajstić information content (AvgIpc) is 3.02. The molecule has 1 aliphatic heterocycles. The molecule has 1 aromatic heterocycles. The number of amides is 1. The molecule has 0 unspecified atom stereocenters. The average molecular weight is 484 g/mol. The van der Waals surface area contributed by atoms with Crippen LogP contribution in [-0.4, -0.2) is 55.7 Å². The second kappa shape index (κ2) is 10.5. The first-order valence-electron chi connectivity index (χ1n) is 10.2. The monoisotopic (exact) mass is 483 g/mol. The molecule has 0 bridgehead atoms. The van der Waals surface area contributed by atoms with Crippen molar-refractivity contribution in [1.82, 2.24) is 9.21 Å². The molecule has 1 amide bonds. The summed E-state index contributed by atoms with van der Waals surface area (Å²) >= 11 is 6.16. The van der Waals surface area contributed by atoms with Gasteiger partial charge in [-0.3, -0.25) is 14.5 Å². The number of rotatable bonds is 7. The second-order valence-electron chi connectivity index (χ2n) is 7.50.